The van der Waals surface area contributed by atoms with Crippen LogP contribution in [-0.2, 0) is 9.53 Å². The zero-order valence-electron chi connectivity index (χ0n) is 6.28. The van der Waals surface area contributed by atoms with Gasteiger partial charge in [0.1, 0.15) is 11.7 Å². The second-order valence-electron chi connectivity index (χ2n) is 2.29. The van der Waals surface area contributed by atoms with Crippen LogP contribution in [0.1, 0.15) is 6.42 Å². The first-order chi connectivity index (χ1) is 5.25. The highest BCUT2D eigenvalue weighted by Gasteiger charge is 2.21. The van der Waals surface area contributed by atoms with Crippen molar-refractivity contribution in [1.82, 2.24) is 0 Å². The van der Waals surface area contributed by atoms with Crippen LogP contribution in [0.2, 0.25) is 0 Å². The summed E-state index contributed by atoms with van der Waals surface area (Å²) < 4.78 is 4.89. The highest BCUT2D eigenvalue weighted by molar-refractivity contribution is 5.75. The lowest BCUT2D eigenvalue weighted by atomic mass is 10.0. The molecule has 1 rings (SSSR count). The molecule has 0 radical (unpaired) electrons. The molecule has 60 valence electrons. The molecule has 0 heterocycles. The Bertz CT molecular complexity index is 215. The minimum Gasteiger partial charge on any atom is -0.500 e. The third-order valence-electron chi connectivity index (χ3n) is 1.59. The van der Waals surface area contributed by atoms with Gasteiger partial charge < -0.3 is 9.84 Å². The third kappa shape index (κ3) is 1.61. The summed E-state index contributed by atoms with van der Waals surface area (Å²) >= 11 is 0. The summed E-state index contributed by atoms with van der Waals surface area (Å²) in [5.74, 6) is -0.928. The van der Waals surface area contributed by atoms with E-state index in [1.165, 1.54) is 7.11 Å². The summed E-state index contributed by atoms with van der Waals surface area (Å²) in [6.07, 6.45) is 5.99. The van der Waals surface area contributed by atoms with Crippen molar-refractivity contribution in [3.05, 3.63) is 24.0 Å². The Morgan fingerprint density at radius 3 is 3.00 bits per heavy atom. The molecule has 0 bridgehead atoms. The molecule has 1 N–H and O–H groups in total. The van der Waals surface area contributed by atoms with Crippen LogP contribution < -0.4 is 0 Å². The predicted octanol–water partition coefficient (Wildman–Crippen LogP) is 1.18. The molecule has 0 aromatic carbocycles. The molecule has 0 spiro atoms. The molecule has 0 saturated carbocycles. The van der Waals surface area contributed by atoms with Crippen LogP contribution in [0.15, 0.2) is 24.0 Å². The molecule has 0 aromatic rings. The molecule has 11 heavy (non-hydrogen) atoms. The Kier molecular flexibility index (Phi) is 2.31. The van der Waals surface area contributed by atoms with Crippen LogP contribution >= 0.6 is 0 Å². The van der Waals surface area contributed by atoms with E-state index in [1.54, 1.807) is 12.2 Å². The number of carbonyl (C=O) groups is 1. The molecule has 0 amide bonds. The molecule has 0 fully saturated rings. The molecule has 1 aliphatic rings. The first-order valence-electron chi connectivity index (χ1n) is 3.39. The first kappa shape index (κ1) is 7.85. The van der Waals surface area contributed by atoms with Crippen molar-refractivity contribution in [2.24, 2.45) is 5.92 Å². The van der Waals surface area contributed by atoms with E-state index in [-0.39, 0.29) is 0 Å². The highest BCUT2D eigenvalue weighted by atomic mass is 16.5. The summed E-state index contributed by atoms with van der Waals surface area (Å²) in [6.45, 7) is 0. The number of carboxylic acid groups (broad SMARTS) is 1. The second kappa shape index (κ2) is 3.23. The van der Waals surface area contributed by atoms with Crippen molar-refractivity contribution < 1.29 is 14.6 Å². The van der Waals surface area contributed by atoms with Gasteiger partial charge in [-0.15, -0.1) is 0 Å². The largest absolute Gasteiger partial charge is 0.500 e. The lowest BCUT2D eigenvalue weighted by Gasteiger charge is -2.14. The minimum absolute atomic E-state index is 0.528. The number of ether oxygens (including phenoxy) is 1. The Morgan fingerprint density at radius 1 is 1.82 bits per heavy atom. The van der Waals surface area contributed by atoms with Crippen LogP contribution in [0.5, 0.6) is 0 Å². The fourth-order valence-electron chi connectivity index (χ4n) is 1.03. The van der Waals surface area contributed by atoms with Crippen molar-refractivity contribution in [3.63, 3.8) is 0 Å². The minimum atomic E-state index is -0.867. The van der Waals surface area contributed by atoms with Crippen LogP contribution in [0.3, 0.4) is 0 Å². The van der Waals surface area contributed by atoms with Gasteiger partial charge in [0.2, 0.25) is 0 Å². The predicted molar refractivity (Wildman–Crippen MR) is 40.0 cm³/mol. The number of methoxy groups -OCH3 is 1. The quantitative estimate of drug-likeness (QED) is 0.607. The van der Waals surface area contributed by atoms with E-state index in [2.05, 4.69) is 0 Å². The fourth-order valence-corrected chi connectivity index (χ4v) is 1.03. The van der Waals surface area contributed by atoms with Gasteiger partial charge in [-0.2, -0.15) is 0 Å². The van der Waals surface area contributed by atoms with E-state index in [4.69, 9.17) is 9.84 Å². The molecule has 0 aromatic heterocycles. The van der Waals surface area contributed by atoms with Crippen molar-refractivity contribution in [2.45, 2.75) is 6.42 Å². The normalized spacial score (nSPS) is 22.6. The Hall–Kier alpha value is -1.25. The Labute approximate surface area is 65.0 Å². The van der Waals surface area contributed by atoms with Crippen LogP contribution in [0.25, 0.3) is 0 Å². The molecule has 1 atom stereocenters. The standard InChI is InChI=1S/C8H10O3/c1-11-7-5-3-2-4-6(7)8(9)10/h2,4-6H,3H2,1H3,(H,9,10). The van der Waals surface area contributed by atoms with Gasteiger partial charge in [-0.3, -0.25) is 4.79 Å². The average molecular weight is 154 g/mol. The van der Waals surface area contributed by atoms with Crippen LogP contribution in [0.4, 0.5) is 0 Å². The molecule has 0 saturated heterocycles. The number of carboxylic acids is 1. The van der Waals surface area contributed by atoms with Gasteiger partial charge in [-0.25, -0.2) is 0 Å². The van der Waals surface area contributed by atoms with E-state index in [9.17, 15) is 4.79 Å². The van der Waals surface area contributed by atoms with E-state index in [0.29, 0.717) is 5.76 Å². The maximum atomic E-state index is 10.6. The van der Waals surface area contributed by atoms with E-state index >= 15 is 0 Å². The third-order valence-corrected chi connectivity index (χ3v) is 1.59. The number of rotatable bonds is 2. The summed E-state index contributed by atoms with van der Waals surface area (Å²) in [5.41, 5.74) is 0. The van der Waals surface area contributed by atoms with Gasteiger partial charge in [0, 0.05) is 0 Å². The molecule has 1 aliphatic carbocycles. The van der Waals surface area contributed by atoms with Gasteiger partial charge in [0.15, 0.2) is 0 Å². The summed E-state index contributed by atoms with van der Waals surface area (Å²) in [6, 6.07) is 0. The van der Waals surface area contributed by atoms with Crippen molar-refractivity contribution in [2.75, 3.05) is 7.11 Å². The van der Waals surface area contributed by atoms with Gasteiger partial charge in [-0.1, -0.05) is 12.2 Å². The number of aliphatic carboxylic acids is 1. The number of allylic oxidation sites excluding steroid dienone is 2. The lowest BCUT2D eigenvalue weighted by molar-refractivity contribution is -0.139. The summed E-state index contributed by atoms with van der Waals surface area (Å²) in [7, 11) is 1.49. The van der Waals surface area contributed by atoms with Gasteiger partial charge in [0.05, 0.1) is 7.11 Å². The molecule has 3 nitrogen and oxygen atoms in total. The topological polar surface area (TPSA) is 46.5 Å². The van der Waals surface area contributed by atoms with Crippen molar-refractivity contribution >= 4 is 5.97 Å². The molecular weight excluding hydrogens is 144 g/mol. The van der Waals surface area contributed by atoms with Crippen molar-refractivity contribution in [1.29, 1.82) is 0 Å². The highest BCUT2D eigenvalue weighted by Crippen LogP contribution is 2.19. The van der Waals surface area contributed by atoms with E-state index in [0.717, 1.165) is 6.42 Å². The molecular formula is C8H10O3. The summed E-state index contributed by atoms with van der Waals surface area (Å²) in [5, 5.41) is 8.67. The molecule has 1 unspecified atom stereocenters. The number of hydrogen-bond donors (Lipinski definition) is 1. The first-order valence-corrected chi connectivity index (χ1v) is 3.39. The summed E-state index contributed by atoms with van der Waals surface area (Å²) in [4.78, 5) is 10.6. The van der Waals surface area contributed by atoms with Gasteiger partial charge >= 0.3 is 5.97 Å². The van der Waals surface area contributed by atoms with E-state index in [1.807, 2.05) is 6.08 Å². The Morgan fingerprint density at radius 2 is 2.55 bits per heavy atom. The number of hydrogen-bond acceptors (Lipinski definition) is 2. The SMILES string of the molecule is COC1=CCC=CC1C(=O)O. The van der Waals surface area contributed by atoms with E-state index < -0.39 is 11.9 Å². The monoisotopic (exact) mass is 154 g/mol. The maximum Gasteiger partial charge on any atom is 0.318 e. The smallest absolute Gasteiger partial charge is 0.318 e. The average Bonchev–Trinajstić information content (AvgIpc) is 2.04. The fraction of sp³-hybridized carbons (Fsp3) is 0.375. The van der Waals surface area contributed by atoms with Gasteiger partial charge in [-0.05, 0) is 12.5 Å². The lowest BCUT2D eigenvalue weighted by Crippen LogP contribution is -2.16. The zero-order chi connectivity index (χ0) is 8.27. The van der Waals surface area contributed by atoms with Crippen LogP contribution in [-0.4, -0.2) is 18.2 Å². The second-order valence-corrected chi connectivity index (χ2v) is 2.29. The zero-order valence-corrected chi connectivity index (χ0v) is 6.28. The molecule has 3 heteroatoms. The maximum absolute atomic E-state index is 10.6. The van der Waals surface area contributed by atoms with Crippen LogP contribution in [0, 0.1) is 5.92 Å². The Balaban J connectivity index is 2.75. The van der Waals surface area contributed by atoms with Gasteiger partial charge in [0.25, 0.3) is 0 Å². The molecule has 0 aliphatic heterocycles. The van der Waals surface area contributed by atoms with Crippen molar-refractivity contribution in [3.8, 4) is 0 Å².